The fourth-order valence-corrected chi connectivity index (χ4v) is 3.57. The molecule has 0 radical (unpaired) electrons. The molecule has 2 atom stereocenters. The lowest BCUT2D eigenvalue weighted by Gasteiger charge is -2.24. The minimum atomic E-state index is -0.319. The number of nitrogens with zero attached hydrogens (tertiary/aromatic N) is 1. The summed E-state index contributed by atoms with van der Waals surface area (Å²) in [5, 5.41) is 6.38. The molecule has 0 saturated carbocycles. The van der Waals surface area contributed by atoms with Gasteiger partial charge in [-0.15, -0.1) is 12.4 Å². The van der Waals surface area contributed by atoms with E-state index in [0.29, 0.717) is 31.8 Å². The van der Waals surface area contributed by atoms with Crippen molar-refractivity contribution in [3.8, 4) is 0 Å². The third-order valence-electron chi connectivity index (χ3n) is 5.12. The molecule has 2 amide bonds. The van der Waals surface area contributed by atoms with Gasteiger partial charge >= 0.3 is 0 Å². The van der Waals surface area contributed by atoms with Gasteiger partial charge in [-0.2, -0.15) is 0 Å². The van der Waals surface area contributed by atoms with Crippen molar-refractivity contribution in [3.63, 3.8) is 0 Å². The number of hydrogen-bond acceptors (Lipinski definition) is 3. The molecule has 0 spiro atoms. The molecule has 0 aromatic heterocycles. The van der Waals surface area contributed by atoms with Crippen LogP contribution in [0.3, 0.4) is 0 Å². The zero-order chi connectivity index (χ0) is 16.9. The number of likely N-dealkylation sites (tertiary alicyclic amines) is 1. The third kappa shape index (κ3) is 5.19. The second-order valence-electron chi connectivity index (χ2n) is 7.00. The fourth-order valence-electron chi connectivity index (χ4n) is 3.57. The largest absolute Gasteiger partial charge is 0.354 e. The molecule has 0 bridgehead atoms. The number of amides is 2. The molecule has 2 fully saturated rings. The van der Waals surface area contributed by atoms with Gasteiger partial charge in [0.15, 0.2) is 0 Å². The SMILES string of the molecule is Cc1ccc(CN2C(=O)CCC2C(=O)NCCC2CCNC2)cc1.Cl. The smallest absolute Gasteiger partial charge is 0.242 e. The Morgan fingerprint density at radius 3 is 2.72 bits per heavy atom. The van der Waals surface area contributed by atoms with Crippen molar-refractivity contribution in [1.29, 1.82) is 0 Å². The fraction of sp³-hybridized carbons (Fsp3) is 0.579. The van der Waals surface area contributed by atoms with Gasteiger partial charge in [0.25, 0.3) is 0 Å². The maximum atomic E-state index is 12.5. The first-order valence-corrected chi connectivity index (χ1v) is 8.97. The van der Waals surface area contributed by atoms with Crippen molar-refractivity contribution in [1.82, 2.24) is 15.5 Å². The van der Waals surface area contributed by atoms with Crippen LogP contribution in [0.1, 0.15) is 36.8 Å². The number of rotatable bonds is 6. The van der Waals surface area contributed by atoms with E-state index in [4.69, 9.17) is 0 Å². The topological polar surface area (TPSA) is 61.4 Å². The first-order chi connectivity index (χ1) is 11.6. The van der Waals surface area contributed by atoms with Crippen LogP contribution in [0.15, 0.2) is 24.3 Å². The van der Waals surface area contributed by atoms with Gasteiger partial charge in [-0.05, 0) is 50.8 Å². The number of halogens is 1. The van der Waals surface area contributed by atoms with E-state index < -0.39 is 0 Å². The molecule has 0 aliphatic carbocycles. The van der Waals surface area contributed by atoms with Crippen molar-refractivity contribution in [2.24, 2.45) is 5.92 Å². The zero-order valence-corrected chi connectivity index (χ0v) is 15.6. The molecule has 2 aliphatic heterocycles. The molecule has 2 heterocycles. The maximum Gasteiger partial charge on any atom is 0.242 e. The highest BCUT2D eigenvalue weighted by Gasteiger charge is 2.35. The van der Waals surface area contributed by atoms with Crippen LogP contribution in [-0.2, 0) is 16.1 Å². The standard InChI is InChI=1S/C19H27N3O2.ClH/c1-14-2-4-16(5-3-14)13-22-17(6-7-18(22)23)19(24)21-11-9-15-8-10-20-12-15;/h2-5,15,17,20H,6-13H2,1H3,(H,21,24);1H. The first kappa shape index (κ1) is 19.7. The van der Waals surface area contributed by atoms with E-state index in [1.165, 1.54) is 12.0 Å². The number of benzene rings is 1. The molecule has 6 heteroatoms. The Labute approximate surface area is 155 Å². The Bertz CT molecular complexity index is 585. The lowest BCUT2D eigenvalue weighted by Crippen LogP contribution is -2.44. The number of hydrogen-bond donors (Lipinski definition) is 2. The normalized spacial score (nSPS) is 22.8. The number of aryl methyl sites for hydroxylation is 1. The summed E-state index contributed by atoms with van der Waals surface area (Å²) in [5.41, 5.74) is 2.27. The first-order valence-electron chi connectivity index (χ1n) is 8.97. The minimum Gasteiger partial charge on any atom is -0.354 e. The van der Waals surface area contributed by atoms with Crippen molar-refractivity contribution in [2.75, 3.05) is 19.6 Å². The highest BCUT2D eigenvalue weighted by atomic mass is 35.5. The third-order valence-corrected chi connectivity index (χ3v) is 5.12. The number of nitrogens with one attached hydrogen (secondary N) is 2. The summed E-state index contributed by atoms with van der Waals surface area (Å²) in [6.07, 6.45) is 3.30. The quantitative estimate of drug-likeness (QED) is 0.810. The van der Waals surface area contributed by atoms with Crippen LogP contribution < -0.4 is 10.6 Å². The molecule has 1 aromatic carbocycles. The van der Waals surface area contributed by atoms with Crippen molar-refractivity contribution >= 4 is 24.2 Å². The van der Waals surface area contributed by atoms with E-state index in [0.717, 1.165) is 25.1 Å². The second-order valence-corrected chi connectivity index (χ2v) is 7.00. The van der Waals surface area contributed by atoms with Gasteiger partial charge in [0.2, 0.25) is 11.8 Å². The minimum absolute atomic E-state index is 0. The lowest BCUT2D eigenvalue weighted by atomic mass is 10.1. The molecular formula is C19H28ClN3O2. The van der Waals surface area contributed by atoms with Crippen LogP contribution in [0, 0.1) is 12.8 Å². The Morgan fingerprint density at radius 2 is 2.04 bits per heavy atom. The number of carbonyl (C=O) groups is 2. The van der Waals surface area contributed by atoms with E-state index in [2.05, 4.69) is 10.6 Å². The van der Waals surface area contributed by atoms with Gasteiger partial charge in [-0.3, -0.25) is 9.59 Å². The molecule has 2 unspecified atom stereocenters. The van der Waals surface area contributed by atoms with Gasteiger partial charge in [-0.1, -0.05) is 29.8 Å². The van der Waals surface area contributed by atoms with Gasteiger partial charge < -0.3 is 15.5 Å². The predicted octanol–water partition coefficient (Wildman–Crippen LogP) is 2.02. The van der Waals surface area contributed by atoms with Gasteiger partial charge in [0, 0.05) is 19.5 Å². The van der Waals surface area contributed by atoms with Crippen LogP contribution in [-0.4, -0.2) is 42.4 Å². The molecular weight excluding hydrogens is 338 g/mol. The maximum absolute atomic E-state index is 12.5. The summed E-state index contributed by atoms with van der Waals surface area (Å²) in [5.74, 6) is 0.744. The Morgan fingerprint density at radius 1 is 1.28 bits per heavy atom. The molecule has 5 nitrogen and oxygen atoms in total. The van der Waals surface area contributed by atoms with Crippen molar-refractivity contribution < 1.29 is 9.59 Å². The Kier molecular flexibility index (Phi) is 7.26. The predicted molar refractivity (Wildman–Crippen MR) is 101 cm³/mol. The number of carbonyl (C=O) groups excluding carboxylic acids is 2. The van der Waals surface area contributed by atoms with Crippen molar-refractivity contribution in [2.45, 2.75) is 45.2 Å². The summed E-state index contributed by atoms with van der Waals surface area (Å²) in [6.45, 7) is 5.40. The Hall–Kier alpha value is -1.59. The van der Waals surface area contributed by atoms with Crippen molar-refractivity contribution in [3.05, 3.63) is 35.4 Å². The average molecular weight is 366 g/mol. The van der Waals surface area contributed by atoms with E-state index in [-0.39, 0.29) is 30.3 Å². The summed E-state index contributed by atoms with van der Waals surface area (Å²) >= 11 is 0. The molecule has 25 heavy (non-hydrogen) atoms. The molecule has 2 N–H and O–H groups in total. The van der Waals surface area contributed by atoms with E-state index >= 15 is 0 Å². The summed E-state index contributed by atoms with van der Waals surface area (Å²) < 4.78 is 0. The van der Waals surface area contributed by atoms with Crippen LogP contribution in [0.25, 0.3) is 0 Å². The summed E-state index contributed by atoms with van der Waals surface area (Å²) in [6, 6.07) is 7.83. The highest BCUT2D eigenvalue weighted by molar-refractivity contribution is 5.90. The molecule has 3 rings (SSSR count). The molecule has 2 saturated heterocycles. The van der Waals surface area contributed by atoms with Gasteiger partial charge in [0.1, 0.15) is 6.04 Å². The van der Waals surface area contributed by atoms with Gasteiger partial charge in [-0.25, -0.2) is 0 Å². The van der Waals surface area contributed by atoms with E-state index in [9.17, 15) is 9.59 Å². The summed E-state index contributed by atoms with van der Waals surface area (Å²) in [7, 11) is 0. The second kappa shape index (κ2) is 9.20. The van der Waals surface area contributed by atoms with E-state index in [1.54, 1.807) is 4.90 Å². The molecule has 1 aromatic rings. The van der Waals surface area contributed by atoms with Gasteiger partial charge in [0.05, 0.1) is 0 Å². The molecule has 138 valence electrons. The zero-order valence-electron chi connectivity index (χ0n) is 14.8. The van der Waals surface area contributed by atoms with Crippen LogP contribution in [0.2, 0.25) is 0 Å². The lowest BCUT2D eigenvalue weighted by molar-refractivity contribution is -0.135. The van der Waals surface area contributed by atoms with Crippen LogP contribution in [0.4, 0.5) is 0 Å². The summed E-state index contributed by atoms with van der Waals surface area (Å²) in [4.78, 5) is 26.4. The Balaban J connectivity index is 0.00000225. The average Bonchev–Trinajstić information content (AvgIpc) is 3.20. The molecule has 2 aliphatic rings. The monoisotopic (exact) mass is 365 g/mol. The van der Waals surface area contributed by atoms with E-state index in [1.807, 2.05) is 31.2 Å². The van der Waals surface area contributed by atoms with Crippen LogP contribution >= 0.6 is 12.4 Å². The highest BCUT2D eigenvalue weighted by Crippen LogP contribution is 2.22. The van der Waals surface area contributed by atoms with Crippen LogP contribution in [0.5, 0.6) is 0 Å².